The van der Waals surface area contributed by atoms with Crippen molar-refractivity contribution in [3.05, 3.63) is 81.1 Å². The van der Waals surface area contributed by atoms with Gasteiger partial charge in [-0.2, -0.15) is 0 Å². The third kappa shape index (κ3) is 5.24. The average molecular weight is 470 g/mol. The molecule has 0 aliphatic rings. The molecule has 0 saturated heterocycles. The van der Waals surface area contributed by atoms with Gasteiger partial charge in [-0.3, -0.25) is 4.79 Å². The SMILES string of the molecule is CNC(=O)COc1cc(Cl)c(Cc2cc(-c3ccc(F)c(F)c3)c(O)cc2F)c(Cl)c1. The Labute approximate surface area is 186 Å². The predicted octanol–water partition coefficient (Wildman–Crippen LogP) is 5.50. The van der Waals surface area contributed by atoms with Crippen LogP contribution in [-0.2, 0) is 11.2 Å². The van der Waals surface area contributed by atoms with Gasteiger partial charge in [0.15, 0.2) is 18.2 Å². The molecule has 0 spiro atoms. The number of nitrogens with one attached hydrogen (secondary N) is 1. The Hall–Kier alpha value is -2.90. The van der Waals surface area contributed by atoms with E-state index in [-0.39, 0.29) is 51.4 Å². The minimum Gasteiger partial charge on any atom is -0.507 e. The highest BCUT2D eigenvalue weighted by Gasteiger charge is 2.17. The zero-order valence-electron chi connectivity index (χ0n) is 16.1. The van der Waals surface area contributed by atoms with Crippen molar-refractivity contribution in [3.8, 4) is 22.6 Å². The fraction of sp³-hybridized carbons (Fsp3) is 0.136. The summed E-state index contributed by atoms with van der Waals surface area (Å²) in [4.78, 5) is 11.3. The minimum absolute atomic E-state index is 0.0455. The van der Waals surface area contributed by atoms with Crippen LogP contribution in [0.2, 0.25) is 10.0 Å². The summed E-state index contributed by atoms with van der Waals surface area (Å²) in [7, 11) is 1.47. The summed E-state index contributed by atoms with van der Waals surface area (Å²) in [5, 5.41) is 12.9. The second-order valence-electron chi connectivity index (χ2n) is 6.59. The van der Waals surface area contributed by atoms with Crippen LogP contribution in [0.1, 0.15) is 11.1 Å². The number of hydrogen-bond donors (Lipinski definition) is 2. The topological polar surface area (TPSA) is 58.6 Å². The maximum Gasteiger partial charge on any atom is 0.257 e. The fourth-order valence-electron chi connectivity index (χ4n) is 2.88. The predicted molar refractivity (Wildman–Crippen MR) is 112 cm³/mol. The van der Waals surface area contributed by atoms with E-state index in [0.29, 0.717) is 5.56 Å². The summed E-state index contributed by atoms with van der Waals surface area (Å²) in [5.74, 6) is -3.37. The molecule has 0 aromatic heterocycles. The molecule has 0 aliphatic carbocycles. The van der Waals surface area contributed by atoms with Crippen LogP contribution < -0.4 is 10.1 Å². The van der Waals surface area contributed by atoms with Gasteiger partial charge in [0.25, 0.3) is 5.91 Å². The van der Waals surface area contributed by atoms with E-state index in [1.165, 1.54) is 31.3 Å². The van der Waals surface area contributed by atoms with Crippen LogP contribution >= 0.6 is 23.2 Å². The van der Waals surface area contributed by atoms with Crippen molar-refractivity contribution in [1.82, 2.24) is 5.32 Å². The van der Waals surface area contributed by atoms with Crippen molar-refractivity contribution in [2.24, 2.45) is 0 Å². The molecule has 0 aliphatic heterocycles. The van der Waals surface area contributed by atoms with Crippen molar-refractivity contribution in [1.29, 1.82) is 0 Å². The van der Waals surface area contributed by atoms with Gasteiger partial charge in [-0.1, -0.05) is 29.3 Å². The standard InChI is InChI=1S/C22H16Cl2F3NO3/c1-28-22(30)10-31-13-7-16(23)15(17(24)8-13)5-12-4-14(21(29)9-19(12)26)11-2-3-18(25)20(27)6-11/h2-4,6-9,29H,5,10H2,1H3,(H,28,30). The summed E-state index contributed by atoms with van der Waals surface area (Å²) in [6.07, 6.45) is -0.0455. The molecule has 9 heteroatoms. The number of ether oxygens (including phenoxy) is 1. The van der Waals surface area contributed by atoms with Gasteiger partial charge in [-0.25, -0.2) is 13.2 Å². The van der Waals surface area contributed by atoms with E-state index < -0.39 is 23.2 Å². The molecule has 0 unspecified atom stereocenters. The van der Waals surface area contributed by atoms with Crippen LogP contribution in [0.15, 0.2) is 42.5 Å². The molecule has 1 amide bonds. The lowest BCUT2D eigenvalue weighted by atomic mass is 9.97. The summed E-state index contributed by atoms with van der Waals surface area (Å²) < 4.78 is 46.7. The molecule has 0 atom stereocenters. The molecule has 0 saturated carbocycles. The lowest BCUT2D eigenvalue weighted by Gasteiger charge is -2.14. The Kier molecular flexibility index (Phi) is 6.97. The zero-order chi connectivity index (χ0) is 22.7. The third-order valence-electron chi connectivity index (χ3n) is 4.53. The molecule has 3 aromatic rings. The maximum atomic E-state index is 14.5. The van der Waals surface area contributed by atoms with Crippen molar-refractivity contribution in [3.63, 3.8) is 0 Å². The van der Waals surface area contributed by atoms with Gasteiger partial charge >= 0.3 is 0 Å². The molecule has 3 aromatic carbocycles. The van der Waals surface area contributed by atoms with Crippen LogP contribution in [0.3, 0.4) is 0 Å². The minimum atomic E-state index is -1.10. The molecular formula is C22H16Cl2F3NO3. The van der Waals surface area contributed by atoms with Crippen molar-refractivity contribution >= 4 is 29.1 Å². The number of phenols is 1. The van der Waals surface area contributed by atoms with E-state index in [9.17, 15) is 23.1 Å². The van der Waals surface area contributed by atoms with Crippen molar-refractivity contribution in [2.45, 2.75) is 6.42 Å². The highest BCUT2D eigenvalue weighted by molar-refractivity contribution is 6.36. The number of carbonyl (C=O) groups excluding carboxylic acids is 1. The molecule has 0 radical (unpaired) electrons. The Morgan fingerprint density at radius 2 is 1.68 bits per heavy atom. The second-order valence-corrected chi connectivity index (χ2v) is 7.41. The molecular weight excluding hydrogens is 454 g/mol. The highest BCUT2D eigenvalue weighted by Crippen LogP contribution is 2.36. The first-order chi connectivity index (χ1) is 14.7. The number of carbonyl (C=O) groups is 1. The first kappa shape index (κ1) is 22.8. The van der Waals surface area contributed by atoms with Gasteiger partial charge in [0.2, 0.25) is 0 Å². The van der Waals surface area contributed by atoms with E-state index in [1.807, 2.05) is 0 Å². The van der Waals surface area contributed by atoms with Crippen LogP contribution in [0.25, 0.3) is 11.1 Å². The highest BCUT2D eigenvalue weighted by atomic mass is 35.5. The lowest BCUT2D eigenvalue weighted by Crippen LogP contribution is -2.24. The normalized spacial score (nSPS) is 10.8. The largest absolute Gasteiger partial charge is 0.507 e. The molecule has 0 heterocycles. The van der Waals surface area contributed by atoms with Crippen LogP contribution in [0, 0.1) is 17.5 Å². The van der Waals surface area contributed by atoms with E-state index in [1.54, 1.807) is 0 Å². The molecule has 0 bridgehead atoms. The fourth-order valence-corrected chi connectivity index (χ4v) is 3.48. The Morgan fingerprint density at radius 3 is 2.29 bits per heavy atom. The summed E-state index contributed by atoms with van der Waals surface area (Å²) >= 11 is 12.6. The van der Waals surface area contributed by atoms with Crippen LogP contribution in [0.5, 0.6) is 11.5 Å². The van der Waals surface area contributed by atoms with Gasteiger partial charge < -0.3 is 15.2 Å². The second kappa shape index (κ2) is 9.49. The molecule has 2 N–H and O–H groups in total. The van der Waals surface area contributed by atoms with E-state index in [2.05, 4.69) is 5.32 Å². The smallest absolute Gasteiger partial charge is 0.257 e. The number of rotatable bonds is 6. The number of amides is 1. The number of phenolic OH excluding ortho intramolecular Hbond substituents is 1. The number of aromatic hydroxyl groups is 1. The average Bonchev–Trinajstić information content (AvgIpc) is 2.72. The summed E-state index contributed by atoms with van der Waals surface area (Å²) in [5.41, 5.74) is 0.803. The van der Waals surface area contributed by atoms with Gasteiger partial charge in [-0.15, -0.1) is 0 Å². The van der Waals surface area contributed by atoms with E-state index in [0.717, 1.165) is 18.2 Å². The number of halogens is 5. The first-order valence-electron chi connectivity index (χ1n) is 8.97. The molecule has 0 fully saturated rings. The van der Waals surface area contributed by atoms with Gasteiger partial charge in [0.05, 0.1) is 0 Å². The first-order valence-corrected chi connectivity index (χ1v) is 9.73. The molecule has 3 rings (SSSR count). The molecule has 31 heavy (non-hydrogen) atoms. The number of hydrogen-bond acceptors (Lipinski definition) is 3. The Morgan fingerprint density at radius 1 is 1.00 bits per heavy atom. The van der Waals surface area contributed by atoms with Crippen molar-refractivity contribution in [2.75, 3.05) is 13.7 Å². The number of benzene rings is 3. The maximum absolute atomic E-state index is 14.5. The molecule has 4 nitrogen and oxygen atoms in total. The van der Waals surface area contributed by atoms with E-state index in [4.69, 9.17) is 27.9 Å². The summed E-state index contributed by atoms with van der Waals surface area (Å²) in [6, 6.07) is 8.19. The zero-order valence-corrected chi connectivity index (χ0v) is 17.6. The van der Waals surface area contributed by atoms with Gasteiger partial charge in [0.1, 0.15) is 17.3 Å². The van der Waals surface area contributed by atoms with Crippen LogP contribution in [0.4, 0.5) is 13.2 Å². The van der Waals surface area contributed by atoms with Gasteiger partial charge in [-0.05, 0) is 47.0 Å². The van der Waals surface area contributed by atoms with Crippen molar-refractivity contribution < 1.29 is 27.8 Å². The quantitative estimate of drug-likeness (QED) is 0.501. The summed E-state index contributed by atoms with van der Waals surface area (Å²) in [6.45, 7) is -0.229. The van der Waals surface area contributed by atoms with Crippen LogP contribution in [-0.4, -0.2) is 24.7 Å². The Bertz CT molecular complexity index is 1130. The number of likely N-dealkylation sites (N-methyl/N-ethyl adjacent to an activating group) is 1. The third-order valence-corrected chi connectivity index (χ3v) is 5.20. The van der Waals surface area contributed by atoms with E-state index >= 15 is 0 Å². The monoisotopic (exact) mass is 469 g/mol. The van der Waals surface area contributed by atoms with Gasteiger partial charge in [0, 0.05) is 35.1 Å². The Balaban J connectivity index is 1.93. The molecule has 162 valence electrons. The lowest BCUT2D eigenvalue weighted by molar-refractivity contribution is -0.122.